The highest BCUT2D eigenvalue weighted by Gasteiger charge is 2.31. The van der Waals surface area contributed by atoms with Crippen LogP contribution in [0.2, 0.25) is 0 Å². The average Bonchev–Trinajstić information content (AvgIpc) is 2.85. The van der Waals surface area contributed by atoms with E-state index in [9.17, 15) is 9.59 Å². The molecule has 2 amide bonds. The number of carbonyl (C=O) groups is 2. The Morgan fingerprint density at radius 1 is 1.04 bits per heavy atom. The molecule has 0 spiro atoms. The minimum atomic E-state index is -0.00454. The van der Waals surface area contributed by atoms with Gasteiger partial charge in [0.25, 0.3) is 5.91 Å². The topological polar surface area (TPSA) is 49.9 Å². The molecule has 1 aromatic carbocycles. The third-order valence-corrected chi connectivity index (χ3v) is 5.67. The molecule has 0 N–H and O–H groups in total. The molecule has 1 saturated carbocycles. The van der Waals surface area contributed by atoms with Gasteiger partial charge in [-0.1, -0.05) is 26.3 Å². The lowest BCUT2D eigenvalue weighted by Crippen LogP contribution is -2.41. The molecule has 1 saturated heterocycles. The lowest BCUT2D eigenvalue weighted by molar-refractivity contribution is -0.138. The Morgan fingerprint density at radius 3 is 2.35 bits per heavy atom. The van der Waals surface area contributed by atoms with Gasteiger partial charge in [0.15, 0.2) is 0 Å². The van der Waals surface area contributed by atoms with E-state index < -0.39 is 0 Å². The Hall–Kier alpha value is -2.04. The summed E-state index contributed by atoms with van der Waals surface area (Å²) in [6.45, 7) is 6.91. The first kappa shape index (κ1) is 18.7. The first-order valence-corrected chi connectivity index (χ1v) is 9.77. The van der Waals surface area contributed by atoms with E-state index in [1.54, 1.807) is 7.11 Å². The molecule has 1 aromatic rings. The number of carbonyl (C=O) groups excluding carboxylic acids is 2. The molecule has 0 unspecified atom stereocenters. The maximum Gasteiger partial charge on any atom is 0.257 e. The molecule has 5 nitrogen and oxygen atoms in total. The molecule has 26 heavy (non-hydrogen) atoms. The fraction of sp³-hybridized carbons (Fsp3) is 0.619. The van der Waals surface area contributed by atoms with Crippen LogP contribution in [0.4, 0.5) is 0 Å². The van der Waals surface area contributed by atoms with Gasteiger partial charge < -0.3 is 14.5 Å². The van der Waals surface area contributed by atoms with Crippen LogP contribution in [0.1, 0.15) is 61.4 Å². The van der Waals surface area contributed by atoms with Crippen molar-refractivity contribution in [3.05, 3.63) is 29.3 Å². The summed E-state index contributed by atoms with van der Waals surface area (Å²) < 4.78 is 5.48. The van der Waals surface area contributed by atoms with Crippen molar-refractivity contribution in [3.8, 4) is 5.75 Å². The molecule has 1 aliphatic carbocycles. The Bertz CT molecular complexity index is 667. The highest BCUT2D eigenvalue weighted by atomic mass is 16.5. The maximum absolute atomic E-state index is 13.0. The number of methoxy groups -OCH3 is 1. The van der Waals surface area contributed by atoms with Gasteiger partial charge >= 0.3 is 0 Å². The molecule has 5 heteroatoms. The number of hydrogen-bond acceptors (Lipinski definition) is 3. The average molecular weight is 358 g/mol. The molecule has 1 aliphatic heterocycles. The van der Waals surface area contributed by atoms with Crippen LogP contribution < -0.4 is 4.74 Å². The van der Waals surface area contributed by atoms with Crippen LogP contribution in [0.3, 0.4) is 0 Å². The lowest BCUT2D eigenvalue weighted by Gasteiger charge is -2.31. The molecule has 3 rings (SSSR count). The van der Waals surface area contributed by atoms with Crippen LogP contribution in [0.5, 0.6) is 5.75 Å². The Labute approximate surface area is 156 Å². The number of ether oxygens (including phenoxy) is 1. The van der Waals surface area contributed by atoms with Crippen LogP contribution in [0, 0.1) is 5.92 Å². The van der Waals surface area contributed by atoms with E-state index in [2.05, 4.69) is 13.8 Å². The molecule has 0 radical (unpaired) electrons. The molecular weight excluding hydrogens is 328 g/mol. The summed E-state index contributed by atoms with van der Waals surface area (Å²) in [6.07, 6.45) is 4.05. The molecule has 0 bridgehead atoms. The summed E-state index contributed by atoms with van der Waals surface area (Å²) >= 11 is 0. The predicted octanol–water partition coefficient (Wildman–Crippen LogP) is 3.29. The Morgan fingerprint density at radius 2 is 1.73 bits per heavy atom. The smallest absolute Gasteiger partial charge is 0.257 e. The molecule has 1 heterocycles. The lowest BCUT2D eigenvalue weighted by atomic mass is 9.84. The van der Waals surface area contributed by atoms with Gasteiger partial charge in [-0.25, -0.2) is 0 Å². The van der Waals surface area contributed by atoms with Crippen molar-refractivity contribution >= 4 is 11.8 Å². The Balaban J connectivity index is 1.69. The monoisotopic (exact) mass is 358 g/mol. The van der Waals surface area contributed by atoms with Gasteiger partial charge in [-0.3, -0.25) is 9.59 Å². The fourth-order valence-corrected chi connectivity index (χ4v) is 3.67. The second-order valence-corrected chi connectivity index (χ2v) is 7.71. The van der Waals surface area contributed by atoms with Crippen molar-refractivity contribution < 1.29 is 14.3 Å². The second-order valence-electron chi connectivity index (χ2n) is 7.71. The van der Waals surface area contributed by atoms with Gasteiger partial charge in [0, 0.05) is 32.1 Å². The van der Waals surface area contributed by atoms with Gasteiger partial charge in [0.05, 0.1) is 12.7 Å². The predicted molar refractivity (Wildman–Crippen MR) is 102 cm³/mol. The van der Waals surface area contributed by atoms with Crippen LogP contribution in [0.15, 0.2) is 18.2 Å². The number of amides is 2. The summed E-state index contributed by atoms with van der Waals surface area (Å²) in [6, 6.07) is 5.84. The van der Waals surface area contributed by atoms with Crippen LogP contribution in [-0.4, -0.2) is 54.9 Å². The summed E-state index contributed by atoms with van der Waals surface area (Å²) in [5.74, 6) is 1.52. The highest BCUT2D eigenvalue weighted by Crippen LogP contribution is 2.29. The number of nitrogens with zero attached hydrogens (tertiary/aromatic N) is 2. The zero-order valence-electron chi connectivity index (χ0n) is 16.2. The van der Waals surface area contributed by atoms with E-state index in [-0.39, 0.29) is 17.7 Å². The quantitative estimate of drug-likeness (QED) is 0.830. The first-order chi connectivity index (χ1) is 12.5. The van der Waals surface area contributed by atoms with Crippen molar-refractivity contribution in [2.24, 2.45) is 5.92 Å². The maximum atomic E-state index is 13.0. The number of benzene rings is 1. The van der Waals surface area contributed by atoms with Crippen molar-refractivity contribution in [1.82, 2.24) is 9.80 Å². The Kier molecular flexibility index (Phi) is 5.84. The molecule has 142 valence electrons. The number of rotatable bonds is 4. The third-order valence-electron chi connectivity index (χ3n) is 5.67. The van der Waals surface area contributed by atoms with Gasteiger partial charge in [-0.05, 0) is 42.9 Å². The van der Waals surface area contributed by atoms with Crippen molar-refractivity contribution in [1.29, 1.82) is 0 Å². The summed E-state index contributed by atoms with van der Waals surface area (Å²) in [4.78, 5) is 29.3. The normalized spacial score (nSPS) is 18.5. The fourth-order valence-electron chi connectivity index (χ4n) is 3.67. The van der Waals surface area contributed by atoms with Crippen molar-refractivity contribution in [3.63, 3.8) is 0 Å². The van der Waals surface area contributed by atoms with E-state index >= 15 is 0 Å². The molecular formula is C21H30N2O3. The standard InChI is InChI=1S/C21H30N2O3/c1-15(2)17-8-9-18(19(14-17)26-3)21(25)23-11-5-10-22(12-13-23)20(24)16-6-4-7-16/h8-9,14-16H,4-7,10-13H2,1-3H3. The van der Waals surface area contributed by atoms with E-state index in [1.807, 2.05) is 28.0 Å². The largest absolute Gasteiger partial charge is 0.496 e. The van der Waals surface area contributed by atoms with Gasteiger partial charge in [-0.15, -0.1) is 0 Å². The van der Waals surface area contributed by atoms with Gasteiger partial charge in [0.1, 0.15) is 5.75 Å². The van der Waals surface area contributed by atoms with Gasteiger partial charge in [-0.2, -0.15) is 0 Å². The minimum absolute atomic E-state index is 0.00454. The zero-order valence-corrected chi connectivity index (χ0v) is 16.2. The van der Waals surface area contributed by atoms with Crippen LogP contribution in [-0.2, 0) is 4.79 Å². The summed E-state index contributed by atoms with van der Waals surface area (Å²) in [5.41, 5.74) is 1.77. The highest BCUT2D eigenvalue weighted by molar-refractivity contribution is 5.97. The SMILES string of the molecule is COc1cc(C(C)C)ccc1C(=O)N1CCCN(C(=O)C2CCC2)CC1. The van der Waals surface area contributed by atoms with E-state index in [4.69, 9.17) is 4.74 Å². The number of hydrogen-bond donors (Lipinski definition) is 0. The first-order valence-electron chi connectivity index (χ1n) is 9.77. The second kappa shape index (κ2) is 8.11. The van der Waals surface area contributed by atoms with E-state index in [0.29, 0.717) is 36.9 Å². The zero-order chi connectivity index (χ0) is 18.7. The van der Waals surface area contributed by atoms with Crippen LogP contribution >= 0.6 is 0 Å². The van der Waals surface area contributed by atoms with E-state index in [0.717, 1.165) is 31.4 Å². The molecule has 2 aliphatic rings. The van der Waals surface area contributed by atoms with E-state index in [1.165, 1.54) is 6.42 Å². The molecule has 2 fully saturated rings. The minimum Gasteiger partial charge on any atom is -0.496 e. The van der Waals surface area contributed by atoms with Gasteiger partial charge in [0.2, 0.25) is 5.91 Å². The third kappa shape index (κ3) is 3.87. The molecule has 0 atom stereocenters. The summed E-state index contributed by atoms with van der Waals surface area (Å²) in [7, 11) is 1.61. The van der Waals surface area contributed by atoms with Crippen molar-refractivity contribution in [2.75, 3.05) is 33.3 Å². The van der Waals surface area contributed by atoms with Crippen molar-refractivity contribution in [2.45, 2.75) is 45.4 Å². The van der Waals surface area contributed by atoms with Crippen LogP contribution in [0.25, 0.3) is 0 Å². The summed E-state index contributed by atoms with van der Waals surface area (Å²) in [5, 5.41) is 0. The molecule has 0 aromatic heterocycles.